The summed E-state index contributed by atoms with van der Waals surface area (Å²) in [4.78, 5) is 10.9. The lowest BCUT2D eigenvalue weighted by molar-refractivity contribution is 0.747. The minimum absolute atomic E-state index is 0.399. The standard InChI is InChI=1S/C14H16N4/c1-9-7-11-5-3-4-6-12(11)18(9)14-8-13(15)16-10(2)17-14/h3-6,8-9H,7H2,1-2H3,(H2,15,16,17). The molecule has 0 saturated heterocycles. The van der Waals surface area contributed by atoms with Gasteiger partial charge < -0.3 is 10.6 Å². The third kappa shape index (κ3) is 1.70. The van der Waals surface area contributed by atoms with E-state index in [1.165, 1.54) is 11.3 Å². The van der Waals surface area contributed by atoms with Crippen LogP contribution in [0.15, 0.2) is 30.3 Å². The number of aryl methyl sites for hydroxylation is 1. The molecule has 1 aliphatic rings. The maximum atomic E-state index is 5.81. The van der Waals surface area contributed by atoms with Crippen molar-refractivity contribution in [3.63, 3.8) is 0 Å². The van der Waals surface area contributed by atoms with E-state index >= 15 is 0 Å². The molecule has 4 heteroatoms. The van der Waals surface area contributed by atoms with E-state index in [-0.39, 0.29) is 0 Å². The van der Waals surface area contributed by atoms with Gasteiger partial charge in [0.05, 0.1) is 0 Å². The molecule has 2 N–H and O–H groups in total. The molecule has 1 unspecified atom stereocenters. The number of anilines is 3. The van der Waals surface area contributed by atoms with Crippen molar-refractivity contribution in [2.45, 2.75) is 26.3 Å². The number of nitrogens with zero attached hydrogens (tertiary/aromatic N) is 3. The van der Waals surface area contributed by atoms with Crippen LogP contribution in [0.25, 0.3) is 0 Å². The van der Waals surface area contributed by atoms with E-state index < -0.39 is 0 Å². The van der Waals surface area contributed by atoms with Crippen molar-refractivity contribution in [1.82, 2.24) is 9.97 Å². The lowest BCUT2D eigenvalue weighted by Crippen LogP contribution is -2.25. The van der Waals surface area contributed by atoms with E-state index in [1.807, 2.05) is 13.0 Å². The molecule has 0 amide bonds. The zero-order chi connectivity index (χ0) is 12.7. The molecule has 0 saturated carbocycles. The Morgan fingerprint density at radius 2 is 2.06 bits per heavy atom. The summed E-state index contributed by atoms with van der Waals surface area (Å²) in [6.45, 7) is 4.07. The van der Waals surface area contributed by atoms with Crippen LogP contribution in [0.3, 0.4) is 0 Å². The summed E-state index contributed by atoms with van der Waals surface area (Å²) in [5.74, 6) is 2.12. The van der Waals surface area contributed by atoms with Gasteiger partial charge in [-0.3, -0.25) is 0 Å². The zero-order valence-corrected chi connectivity index (χ0v) is 10.6. The number of hydrogen-bond acceptors (Lipinski definition) is 4. The van der Waals surface area contributed by atoms with Gasteiger partial charge in [-0.05, 0) is 31.9 Å². The predicted molar refractivity (Wildman–Crippen MR) is 72.9 cm³/mol. The monoisotopic (exact) mass is 240 g/mol. The molecule has 0 bridgehead atoms. The largest absolute Gasteiger partial charge is 0.384 e. The van der Waals surface area contributed by atoms with Gasteiger partial charge in [-0.15, -0.1) is 0 Å². The van der Waals surface area contributed by atoms with Gasteiger partial charge in [0, 0.05) is 17.8 Å². The Kier molecular flexibility index (Phi) is 2.44. The van der Waals surface area contributed by atoms with Crippen LogP contribution in [0.5, 0.6) is 0 Å². The fraction of sp³-hybridized carbons (Fsp3) is 0.286. The van der Waals surface area contributed by atoms with E-state index in [2.05, 4.69) is 46.1 Å². The van der Waals surface area contributed by atoms with Crippen LogP contribution in [-0.4, -0.2) is 16.0 Å². The third-order valence-corrected chi connectivity index (χ3v) is 3.30. The molecule has 0 aliphatic carbocycles. The van der Waals surface area contributed by atoms with Gasteiger partial charge in [0.15, 0.2) is 0 Å². The van der Waals surface area contributed by atoms with Crippen LogP contribution in [-0.2, 0) is 6.42 Å². The van der Waals surface area contributed by atoms with Crippen LogP contribution >= 0.6 is 0 Å². The van der Waals surface area contributed by atoms with Crippen molar-refractivity contribution in [3.05, 3.63) is 41.7 Å². The Morgan fingerprint density at radius 1 is 1.28 bits per heavy atom. The molecule has 3 rings (SSSR count). The fourth-order valence-electron chi connectivity index (χ4n) is 2.61. The Labute approximate surface area is 106 Å². The van der Waals surface area contributed by atoms with E-state index in [0.717, 1.165) is 12.2 Å². The van der Waals surface area contributed by atoms with Gasteiger partial charge in [-0.25, -0.2) is 9.97 Å². The molecular weight excluding hydrogens is 224 g/mol. The summed E-state index contributed by atoms with van der Waals surface area (Å²) in [7, 11) is 0. The summed E-state index contributed by atoms with van der Waals surface area (Å²) in [6.07, 6.45) is 1.04. The molecule has 1 aromatic carbocycles. The van der Waals surface area contributed by atoms with Crippen molar-refractivity contribution in [2.24, 2.45) is 0 Å². The quantitative estimate of drug-likeness (QED) is 0.831. The first kappa shape index (κ1) is 11.0. The van der Waals surface area contributed by atoms with Crippen LogP contribution in [0.4, 0.5) is 17.3 Å². The minimum atomic E-state index is 0.399. The number of rotatable bonds is 1. The smallest absolute Gasteiger partial charge is 0.139 e. The number of para-hydroxylation sites is 1. The molecule has 0 fully saturated rings. The van der Waals surface area contributed by atoms with Crippen LogP contribution in [0, 0.1) is 6.92 Å². The van der Waals surface area contributed by atoms with Crippen LogP contribution < -0.4 is 10.6 Å². The Bertz CT molecular complexity index is 574. The summed E-state index contributed by atoms with van der Waals surface area (Å²) in [5, 5.41) is 0. The predicted octanol–water partition coefficient (Wildman–Crippen LogP) is 2.45. The van der Waals surface area contributed by atoms with E-state index in [9.17, 15) is 0 Å². The molecule has 92 valence electrons. The zero-order valence-electron chi connectivity index (χ0n) is 10.6. The molecule has 1 aliphatic heterocycles. The molecular formula is C14H16N4. The number of nitrogens with two attached hydrogens (primary N) is 1. The van der Waals surface area contributed by atoms with Gasteiger partial charge in [-0.1, -0.05) is 18.2 Å². The highest BCUT2D eigenvalue weighted by Crippen LogP contribution is 2.37. The summed E-state index contributed by atoms with van der Waals surface area (Å²) < 4.78 is 0. The van der Waals surface area contributed by atoms with Crippen molar-refractivity contribution in [3.8, 4) is 0 Å². The molecule has 1 atom stereocenters. The molecule has 4 nitrogen and oxygen atoms in total. The maximum Gasteiger partial charge on any atom is 0.139 e. The first-order valence-corrected chi connectivity index (χ1v) is 6.13. The second-order valence-electron chi connectivity index (χ2n) is 4.75. The molecule has 0 spiro atoms. The first-order chi connectivity index (χ1) is 8.65. The van der Waals surface area contributed by atoms with Crippen molar-refractivity contribution in [2.75, 3.05) is 10.6 Å². The second-order valence-corrected chi connectivity index (χ2v) is 4.75. The Balaban J connectivity index is 2.11. The summed E-state index contributed by atoms with van der Waals surface area (Å²) in [6, 6.07) is 10.7. The SMILES string of the molecule is Cc1nc(N)cc(N2c3ccccc3CC2C)n1. The second kappa shape index (κ2) is 3.98. The van der Waals surface area contributed by atoms with E-state index in [4.69, 9.17) is 5.73 Å². The highest BCUT2D eigenvalue weighted by Gasteiger charge is 2.27. The molecule has 0 radical (unpaired) electrons. The van der Waals surface area contributed by atoms with Gasteiger partial charge in [-0.2, -0.15) is 0 Å². The highest BCUT2D eigenvalue weighted by atomic mass is 15.2. The third-order valence-electron chi connectivity index (χ3n) is 3.30. The number of hydrogen-bond donors (Lipinski definition) is 1. The van der Waals surface area contributed by atoms with Gasteiger partial charge >= 0.3 is 0 Å². The number of benzene rings is 1. The Morgan fingerprint density at radius 3 is 2.83 bits per heavy atom. The number of fused-ring (bicyclic) bond motifs is 1. The fourth-order valence-corrected chi connectivity index (χ4v) is 2.61. The number of nitrogen functional groups attached to an aromatic ring is 1. The topological polar surface area (TPSA) is 55.0 Å². The lowest BCUT2D eigenvalue weighted by Gasteiger charge is -2.24. The maximum absolute atomic E-state index is 5.81. The summed E-state index contributed by atoms with van der Waals surface area (Å²) >= 11 is 0. The van der Waals surface area contributed by atoms with Gasteiger partial charge in [0.25, 0.3) is 0 Å². The molecule has 1 aromatic heterocycles. The van der Waals surface area contributed by atoms with Crippen LogP contribution in [0.1, 0.15) is 18.3 Å². The average Bonchev–Trinajstić information content (AvgIpc) is 2.63. The molecule has 18 heavy (non-hydrogen) atoms. The first-order valence-electron chi connectivity index (χ1n) is 6.13. The highest BCUT2D eigenvalue weighted by molar-refractivity contribution is 5.69. The lowest BCUT2D eigenvalue weighted by atomic mass is 10.1. The van der Waals surface area contributed by atoms with E-state index in [0.29, 0.717) is 17.7 Å². The summed E-state index contributed by atoms with van der Waals surface area (Å²) in [5.41, 5.74) is 8.40. The molecule has 2 heterocycles. The van der Waals surface area contributed by atoms with Crippen molar-refractivity contribution >= 4 is 17.3 Å². The van der Waals surface area contributed by atoms with Crippen molar-refractivity contribution < 1.29 is 0 Å². The minimum Gasteiger partial charge on any atom is -0.384 e. The average molecular weight is 240 g/mol. The Hall–Kier alpha value is -2.10. The van der Waals surface area contributed by atoms with Gasteiger partial charge in [0.1, 0.15) is 17.5 Å². The normalized spacial score (nSPS) is 17.9. The van der Waals surface area contributed by atoms with Crippen molar-refractivity contribution in [1.29, 1.82) is 0 Å². The molecule has 2 aromatic rings. The number of aromatic nitrogens is 2. The van der Waals surface area contributed by atoms with Gasteiger partial charge in [0.2, 0.25) is 0 Å². The van der Waals surface area contributed by atoms with E-state index in [1.54, 1.807) is 0 Å². The van der Waals surface area contributed by atoms with Crippen LogP contribution in [0.2, 0.25) is 0 Å².